The van der Waals surface area contributed by atoms with E-state index in [1.165, 1.54) is 11.3 Å². The van der Waals surface area contributed by atoms with Crippen LogP contribution in [0.2, 0.25) is 5.02 Å². The molecule has 1 saturated carbocycles. The molecule has 0 saturated heterocycles. The minimum Gasteiger partial charge on any atom is -0.393 e. The van der Waals surface area contributed by atoms with E-state index in [0.717, 1.165) is 12.8 Å². The van der Waals surface area contributed by atoms with E-state index in [1.807, 2.05) is 5.38 Å². The van der Waals surface area contributed by atoms with Crippen LogP contribution >= 0.6 is 22.9 Å². The van der Waals surface area contributed by atoms with Crippen LogP contribution in [-0.2, 0) is 0 Å². The molecule has 5 heteroatoms. The second-order valence-corrected chi connectivity index (χ2v) is 5.60. The molecule has 0 spiro atoms. The second kappa shape index (κ2) is 4.73. The van der Waals surface area contributed by atoms with Gasteiger partial charge in [-0.25, -0.2) is 0 Å². The zero-order chi connectivity index (χ0) is 11.7. The molecule has 0 radical (unpaired) electrons. The first-order valence-electron chi connectivity index (χ1n) is 5.24. The smallest absolute Gasteiger partial charge is 0.265 e. The predicted octanol–water partition coefficient (Wildman–Crippen LogP) is 2.24. The topological polar surface area (TPSA) is 40.5 Å². The molecule has 1 aliphatic carbocycles. The summed E-state index contributed by atoms with van der Waals surface area (Å²) >= 11 is 7.28. The number of halogens is 1. The molecule has 3 nitrogen and oxygen atoms in total. The normalized spacial score (nSPS) is 23.9. The Morgan fingerprint density at radius 2 is 2.38 bits per heavy atom. The van der Waals surface area contributed by atoms with Gasteiger partial charge in [-0.2, -0.15) is 0 Å². The molecule has 0 aliphatic heterocycles. The highest BCUT2D eigenvalue weighted by Crippen LogP contribution is 2.29. The molecule has 1 aromatic rings. The summed E-state index contributed by atoms with van der Waals surface area (Å²) in [7, 11) is 1.78. The molecule has 0 aromatic carbocycles. The second-order valence-electron chi connectivity index (χ2n) is 4.27. The van der Waals surface area contributed by atoms with E-state index >= 15 is 0 Å². The minimum atomic E-state index is -0.168. The minimum absolute atomic E-state index is 0.0265. The van der Waals surface area contributed by atoms with Crippen LogP contribution in [0.5, 0.6) is 0 Å². The number of nitrogens with zero attached hydrogens (tertiary/aromatic N) is 1. The van der Waals surface area contributed by atoms with Crippen molar-refractivity contribution >= 4 is 28.8 Å². The quantitative estimate of drug-likeness (QED) is 0.905. The van der Waals surface area contributed by atoms with Gasteiger partial charge in [0.25, 0.3) is 5.91 Å². The third kappa shape index (κ3) is 2.39. The number of rotatable bonds is 3. The molecule has 0 atom stereocenters. The number of hydrogen-bond acceptors (Lipinski definition) is 3. The van der Waals surface area contributed by atoms with E-state index in [9.17, 15) is 9.90 Å². The van der Waals surface area contributed by atoms with Crippen molar-refractivity contribution in [1.29, 1.82) is 0 Å². The van der Waals surface area contributed by atoms with E-state index in [0.29, 0.717) is 22.4 Å². The number of aliphatic hydroxyl groups excluding tert-OH is 1. The van der Waals surface area contributed by atoms with Crippen molar-refractivity contribution in [3.8, 4) is 0 Å². The summed E-state index contributed by atoms with van der Waals surface area (Å²) in [6.45, 7) is 0.699. The molecular weight excluding hydrogens is 246 g/mol. The van der Waals surface area contributed by atoms with Gasteiger partial charge < -0.3 is 10.0 Å². The first-order chi connectivity index (χ1) is 7.58. The highest BCUT2D eigenvalue weighted by molar-refractivity contribution is 7.12. The SMILES string of the molecule is CN(CC1CC(O)C1)C(=O)c1sccc1Cl. The van der Waals surface area contributed by atoms with Crippen molar-refractivity contribution in [2.24, 2.45) is 5.92 Å². The van der Waals surface area contributed by atoms with Gasteiger partial charge >= 0.3 is 0 Å². The summed E-state index contributed by atoms with van der Waals surface area (Å²) in [6, 6.07) is 1.74. The number of hydrogen-bond donors (Lipinski definition) is 1. The molecule has 1 heterocycles. The number of aliphatic hydroxyl groups is 1. The van der Waals surface area contributed by atoms with Gasteiger partial charge in [-0.15, -0.1) is 11.3 Å². The Labute approximate surface area is 104 Å². The Bertz CT molecular complexity index is 387. The third-order valence-corrected chi connectivity index (χ3v) is 4.23. The van der Waals surface area contributed by atoms with Crippen molar-refractivity contribution in [1.82, 2.24) is 4.90 Å². The van der Waals surface area contributed by atoms with Gasteiger partial charge in [-0.1, -0.05) is 11.6 Å². The monoisotopic (exact) mass is 259 g/mol. The summed E-state index contributed by atoms with van der Waals surface area (Å²) < 4.78 is 0. The molecular formula is C11H14ClNO2S. The Balaban J connectivity index is 1.92. The van der Waals surface area contributed by atoms with Gasteiger partial charge in [0, 0.05) is 13.6 Å². The Morgan fingerprint density at radius 3 is 2.88 bits per heavy atom. The molecule has 1 N–H and O–H groups in total. The molecule has 88 valence electrons. The standard InChI is InChI=1S/C11H14ClNO2S/c1-13(6-7-4-8(14)5-7)11(15)10-9(12)2-3-16-10/h2-3,7-8,14H,4-6H2,1H3. The van der Waals surface area contributed by atoms with E-state index in [-0.39, 0.29) is 12.0 Å². The summed E-state index contributed by atoms with van der Waals surface area (Å²) in [4.78, 5) is 14.3. The van der Waals surface area contributed by atoms with Crippen LogP contribution in [0.25, 0.3) is 0 Å². The molecule has 1 fully saturated rings. The average Bonchev–Trinajstić information content (AvgIpc) is 2.61. The Morgan fingerprint density at radius 1 is 1.69 bits per heavy atom. The molecule has 1 aliphatic rings. The van der Waals surface area contributed by atoms with Crippen LogP contribution in [0.1, 0.15) is 22.5 Å². The van der Waals surface area contributed by atoms with Crippen LogP contribution in [0.4, 0.5) is 0 Å². The molecule has 0 bridgehead atoms. The lowest BCUT2D eigenvalue weighted by atomic mass is 9.82. The van der Waals surface area contributed by atoms with Crippen molar-refractivity contribution in [3.63, 3.8) is 0 Å². The van der Waals surface area contributed by atoms with Crippen LogP contribution < -0.4 is 0 Å². The zero-order valence-corrected chi connectivity index (χ0v) is 10.6. The van der Waals surface area contributed by atoms with Crippen molar-refractivity contribution < 1.29 is 9.90 Å². The number of carbonyl (C=O) groups excluding carboxylic acids is 1. The average molecular weight is 260 g/mol. The summed E-state index contributed by atoms with van der Waals surface area (Å²) in [6.07, 6.45) is 1.44. The maximum Gasteiger partial charge on any atom is 0.265 e. The van der Waals surface area contributed by atoms with Crippen LogP contribution in [-0.4, -0.2) is 35.6 Å². The summed E-state index contributed by atoms with van der Waals surface area (Å²) in [5.74, 6) is 0.407. The molecule has 1 amide bonds. The van der Waals surface area contributed by atoms with Gasteiger partial charge in [0.05, 0.1) is 11.1 Å². The van der Waals surface area contributed by atoms with E-state index in [1.54, 1.807) is 18.0 Å². The zero-order valence-electron chi connectivity index (χ0n) is 9.02. The van der Waals surface area contributed by atoms with Crippen LogP contribution in [0.15, 0.2) is 11.4 Å². The fourth-order valence-electron chi connectivity index (χ4n) is 1.94. The Hall–Kier alpha value is -0.580. The number of carbonyl (C=O) groups is 1. The molecule has 0 unspecified atom stereocenters. The fraction of sp³-hybridized carbons (Fsp3) is 0.545. The van der Waals surface area contributed by atoms with E-state index in [2.05, 4.69) is 0 Å². The molecule has 2 rings (SSSR count). The summed E-state index contributed by atoms with van der Waals surface area (Å²) in [5, 5.41) is 11.5. The van der Waals surface area contributed by atoms with Crippen molar-refractivity contribution in [3.05, 3.63) is 21.3 Å². The molecule has 16 heavy (non-hydrogen) atoms. The lowest BCUT2D eigenvalue weighted by Crippen LogP contribution is -2.39. The van der Waals surface area contributed by atoms with Gasteiger partial charge in [-0.05, 0) is 30.2 Å². The first kappa shape index (κ1) is 11.9. The maximum absolute atomic E-state index is 12.0. The highest BCUT2D eigenvalue weighted by atomic mass is 35.5. The first-order valence-corrected chi connectivity index (χ1v) is 6.50. The largest absolute Gasteiger partial charge is 0.393 e. The molecule has 1 aromatic heterocycles. The van der Waals surface area contributed by atoms with Crippen LogP contribution in [0, 0.1) is 5.92 Å². The van der Waals surface area contributed by atoms with Crippen LogP contribution in [0.3, 0.4) is 0 Å². The fourth-order valence-corrected chi connectivity index (χ4v) is 3.07. The van der Waals surface area contributed by atoms with Gasteiger partial charge in [-0.3, -0.25) is 4.79 Å². The number of amides is 1. The van der Waals surface area contributed by atoms with Crippen molar-refractivity contribution in [2.75, 3.05) is 13.6 Å². The lowest BCUT2D eigenvalue weighted by Gasteiger charge is -2.34. The highest BCUT2D eigenvalue weighted by Gasteiger charge is 2.29. The van der Waals surface area contributed by atoms with Gasteiger partial charge in [0.2, 0.25) is 0 Å². The van der Waals surface area contributed by atoms with E-state index in [4.69, 9.17) is 11.6 Å². The maximum atomic E-state index is 12.0. The third-order valence-electron chi connectivity index (χ3n) is 2.90. The number of thiophene rings is 1. The lowest BCUT2D eigenvalue weighted by molar-refractivity contribution is 0.0266. The van der Waals surface area contributed by atoms with Gasteiger partial charge in [0.1, 0.15) is 4.88 Å². The predicted molar refractivity (Wildman–Crippen MR) is 65.0 cm³/mol. The van der Waals surface area contributed by atoms with Gasteiger partial charge in [0.15, 0.2) is 0 Å². The van der Waals surface area contributed by atoms with E-state index < -0.39 is 0 Å². The summed E-state index contributed by atoms with van der Waals surface area (Å²) in [5.41, 5.74) is 0. The Kier molecular flexibility index (Phi) is 3.52. The van der Waals surface area contributed by atoms with Crippen molar-refractivity contribution in [2.45, 2.75) is 18.9 Å².